The van der Waals surface area contributed by atoms with Gasteiger partial charge >= 0.3 is 0 Å². The van der Waals surface area contributed by atoms with Crippen LogP contribution in [0.1, 0.15) is 31.1 Å². The van der Waals surface area contributed by atoms with Gasteiger partial charge in [-0.2, -0.15) is 0 Å². The van der Waals surface area contributed by atoms with Gasteiger partial charge in [0.15, 0.2) is 0 Å². The summed E-state index contributed by atoms with van der Waals surface area (Å²) in [5.74, 6) is 1.79. The van der Waals surface area contributed by atoms with E-state index in [0.29, 0.717) is 0 Å². The molecule has 0 bridgehead atoms. The Kier molecular flexibility index (Phi) is 6.14. The number of aryl methyl sites for hydroxylation is 1. The molecule has 0 fully saturated rings. The van der Waals surface area contributed by atoms with Crippen LogP contribution in [0.2, 0.25) is 0 Å². The summed E-state index contributed by atoms with van der Waals surface area (Å²) in [6, 6.07) is 2.06. The van der Waals surface area contributed by atoms with Crippen LogP contribution in [0.5, 0.6) is 0 Å². The highest BCUT2D eigenvalue weighted by Crippen LogP contribution is 2.15. The third kappa shape index (κ3) is 4.30. The summed E-state index contributed by atoms with van der Waals surface area (Å²) in [5.41, 5.74) is 1.30. The van der Waals surface area contributed by atoms with Crippen molar-refractivity contribution in [2.75, 3.05) is 18.9 Å². The molecule has 0 spiro atoms. The van der Waals surface area contributed by atoms with Crippen molar-refractivity contribution in [3.8, 4) is 0 Å². The van der Waals surface area contributed by atoms with Crippen molar-refractivity contribution in [1.29, 1.82) is 0 Å². The van der Waals surface area contributed by atoms with Crippen molar-refractivity contribution >= 4 is 15.9 Å². The van der Waals surface area contributed by atoms with E-state index in [4.69, 9.17) is 4.42 Å². The van der Waals surface area contributed by atoms with Gasteiger partial charge in [0.25, 0.3) is 0 Å². The molecule has 2 nitrogen and oxygen atoms in total. The van der Waals surface area contributed by atoms with E-state index in [1.54, 1.807) is 6.26 Å². The maximum Gasteiger partial charge on any atom is 0.105 e. The van der Waals surface area contributed by atoms with Crippen LogP contribution in [-0.2, 0) is 6.54 Å². The summed E-state index contributed by atoms with van der Waals surface area (Å²) in [5, 5.41) is 1.09. The number of rotatable bonds is 7. The molecule has 0 aliphatic rings. The molecular formula is C13H22BrNO. The highest BCUT2D eigenvalue weighted by atomic mass is 79.9. The van der Waals surface area contributed by atoms with E-state index < -0.39 is 0 Å². The van der Waals surface area contributed by atoms with E-state index in [-0.39, 0.29) is 0 Å². The quantitative estimate of drug-likeness (QED) is 0.709. The minimum atomic E-state index is 0.752. The Hall–Kier alpha value is -0.280. The van der Waals surface area contributed by atoms with Gasteiger partial charge in [-0.25, -0.2) is 0 Å². The lowest BCUT2D eigenvalue weighted by molar-refractivity contribution is 0.272. The Bertz CT molecular complexity index is 298. The van der Waals surface area contributed by atoms with Crippen LogP contribution in [0.25, 0.3) is 0 Å². The molecule has 0 saturated heterocycles. The first kappa shape index (κ1) is 13.8. The standard InChI is InChI=1S/C13H22BrNO/c1-4-5-12(8-14)9-15(3)10-13-6-7-16-11(13)2/h6-7,12H,4-5,8-10H2,1-3H3. The van der Waals surface area contributed by atoms with Crippen LogP contribution < -0.4 is 0 Å². The number of nitrogens with zero attached hydrogens (tertiary/aromatic N) is 1. The minimum absolute atomic E-state index is 0.752. The lowest BCUT2D eigenvalue weighted by Gasteiger charge is -2.22. The average molecular weight is 288 g/mol. The van der Waals surface area contributed by atoms with Crippen LogP contribution >= 0.6 is 15.9 Å². The summed E-state index contributed by atoms with van der Waals surface area (Å²) in [6.45, 7) is 6.40. The number of halogens is 1. The fourth-order valence-corrected chi connectivity index (χ4v) is 2.53. The van der Waals surface area contributed by atoms with E-state index in [9.17, 15) is 0 Å². The average Bonchev–Trinajstić information content (AvgIpc) is 2.64. The van der Waals surface area contributed by atoms with Crippen LogP contribution in [0, 0.1) is 12.8 Å². The molecule has 0 aliphatic carbocycles. The van der Waals surface area contributed by atoms with E-state index in [2.05, 4.69) is 40.9 Å². The molecule has 92 valence electrons. The second kappa shape index (κ2) is 7.13. The molecule has 1 atom stereocenters. The van der Waals surface area contributed by atoms with E-state index in [1.807, 2.05) is 6.92 Å². The molecule has 1 unspecified atom stereocenters. The summed E-state index contributed by atoms with van der Waals surface area (Å²) >= 11 is 3.59. The Morgan fingerprint density at radius 2 is 2.25 bits per heavy atom. The molecule has 1 aromatic heterocycles. The molecule has 16 heavy (non-hydrogen) atoms. The molecule has 3 heteroatoms. The number of furan rings is 1. The molecule has 1 rings (SSSR count). The number of hydrogen-bond acceptors (Lipinski definition) is 2. The summed E-state index contributed by atoms with van der Waals surface area (Å²) < 4.78 is 5.31. The SMILES string of the molecule is CCCC(CBr)CN(C)Cc1ccoc1C. The van der Waals surface area contributed by atoms with Crippen LogP contribution in [-0.4, -0.2) is 23.8 Å². The normalized spacial score (nSPS) is 13.3. The first-order valence-corrected chi connectivity index (χ1v) is 7.07. The predicted molar refractivity (Wildman–Crippen MR) is 72.0 cm³/mol. The van der Waals surface area contributed by atoms with E-state index >= 15 is 0 Å². The topological polar surface area (TPSA) is 16.4 Å². The van der Waals surface area contributed by atoms with Crippen molar-refractivity contribution in [1.82, 2.24) is 4.90 Å². The van der Waals surface area contributed by atoms with Gasteiger partial charge in [-0.1, -0.05) is 29.3 Å². The second-order valence-electron chi connectivity index (χ2n) is 4.51. The summed E-state index contributed by atoms with van der Waals surface area (Å²) in [4.78, 5) is 2.37. The van der Waals surface area contributed by atoms with Crippen molar-refractivity contribution in [2.45, 2.75) is 33.2 Å². The molecule has 0 amide bonds. The summed E-state index contributed by atoms with van der Waals surface area (Å²) in [6.07, 6.45) is 4.32. The van der Waals surface area contributed by atoms with Gasteiger partial charge in [0.1, 0.15) is 5.76 Å². The Balaban J connectivity index is 2.40. The second-order valence-corrected chi connectivity index (χ2v) is 5.16. The summed E-state index contributed by atoms with van der Waals surface area (Å²) in [7, 11) is 2.18. The van der Waals surface area contributed by atoms with Crippen LogP contribution in [0.4, 0.5) is 0 Å². The highest BCUT2D eigenvalue weighted by molar-refractivity contribution is 9.09. The maximum atomic E-state index is 5.31. The lowest BCUT2D eigenvalue weighted by atomic mass is 10.1. The molecular weight excluding hydrogens is 266 g/mol. The molecule has 0 radical (unpaired) electrons. The van der Waals surface area contributed by atoms with Crippen molar-refractivity contribution < 1.29 is 4.42 Å². The van der Waals surface area contributed by atoms with E-state index in [0.717, 1.165) is 30.1 Å². The lowest BCUT2D eigenvalue weighted by Crippen LogP contribution is -2.26. The van der Waals surface area contributed by atoms with Gasteiger partial charge < -0.3 is 9.32 Å². The largest absolute Gasteiger partial charge is 0.469 e. The smallest absolute Gasteiger partial charge is 0.105 e. The van der Waals surface area contributed by atoms with Crippen molar-refractivity contribution in [3.63, 3.8) is 0 Å². The number of alkyl halides is 1. The molecule has 1 heterocycles. The van der Waals surface area contributed by atoms with Crippen molar-refractivity contribution in [3.05, 3.63) is 23.7 Å². The van der Waals surface area contributed by atoms with Crippen molar-refractivity contribution in [2.24, 2.45) is 5.92 Å². The zero-order chi connectivity index (χ0) is 12.0. The van der Waals surface area contributed by atoms with Crippen LogP contribution in [0.3, 0.4) is 0 Å². The first-order valence-electron chi connectivity index (χ1n) is 5.94. The fourth-order valence-electron chi connectivity index (χ4n) is 2.00. The monoisotopic (exact) mass is 287 g/mol. The third-order valence-corrected chi connectivity index (χ3v) is 3.81. The van der Waals surface area contributed by atoms with Crippen LogP contribution in [0.15, 0.2) is 16.7 Å². The molecule has 1 aromatic rings. The van der Waals surface area contributed by atoms with E-state index in [1.165, 1.54) is 18.4 Å². The zero-order valence-corrected chi connectivity index (χ0v) is 12.1. The fraction of sp³-hybridized carbons (Fsp3) is 0.692. The number of hydrogen-bond donors (Lipinski definition) is 0. The molecule has 0 aliphatic heterocycles. The van der Waals surface area contributed by atoms with Gasteiger partial charge in [0.05, 0.1) is 6.26 Å². The predicted octanol–water partition coefficient (Wildman–Crippen LogP) is 3.83. The third-order valence-electron chi connectivity index (χ3n) is 2.89. The molecule has 0 saturated carbocycles. The van der Waals surface area contributed by atoms with Gasteiger partial charge in [-0.3, -0.25) is 0 Å². The Labute approximate surface area is 107 Å². The minimum Gasteiger partial charge on any atom is -0.469 e. The Morgan fingerprint density at radius 1 is 1.50 bits per heavy atom. The maximum absolute atomic E-state index is 5.31. The first-order chi connectivity index (χ1) is 7.67. The zero-order valence-electron chi connectivity index (χ0n) is 10.5. The Morgan fingerprint density at radius 3 is 2.75 bits per heavy atom. The van der Waals surface area contributed by atoms with Gasteiger partial charge in [0.2, 0.25) is 0 Å². The van der Waals surface area contributed by atoms with Gasteiger partial charge in [-0.05, 0) is 32.4 Å². The molecule has 0 aromatic carbocycles. The highest BCUT2D eigenvalue weighted by Gasteiger charge is 2.11. The van der Waals surface area contributed by atoms with Gasteiger partial charge in [-0.15, -0.1) is 0 Å². The van der Waals surface area contributed by atoms with Gasteiger partial charge in [0, 0.05) is 24.0 Å². The molecule has 0 N–H and O–H groups in total.